The average Bonchev–Trinajstić information content (AvgIpc) is 2.53. The van der Waals surface area contributed by atoms with Gasteiger partial charge in [-0.15, -0.1) is 0 Å². The zero-order chi connectivity index (χ0) is 9.64. The van der Waals surface area contributed by atoms with Gasteiger partial charge in [0.15, 0.2) is 0 Å². The first-order valence-electron chi connectivity index (χ1n) is 4.77. The van der Waals surface area contributed by atoms with Crippen LogP contribution < -0.4 is 4.72 Å². The fraction of sp³-hybridized carbons (Fsp3) is 1.00. The van der Waals surface area contributed by atoms with Gasteiger partial charge in [-0.25, -0.2) is 4.72 Å². The molecule has 2 saturated heterocycles. The molecule has 2 unspecified atom stereocenters. The Morgan fingerprint density at radius 3 is 2.69 bits per heavy atom. The van der Waals surface area contributed by atoms with E-state index in [-0.39, 0.29) is 6.04 Å². The van der Waals surface area contributed by atoms with Gasteiger partial charge in [0.25, 0.3) is 10.2 Å². The molecule has 0 aromatic heterocycles. The summed E-state index contributed by atoms with van der Waals surface area (Å²) in [5, 5.41) is 0. The fourth-order valence-corrected chi connectivity index (χ4v) is 3.68. The normalized spacial score (nSPS) is 38.4. The molecule has 0 spiro atoms. The Balaban J connectivity index is 2.15. The molecule has 2 fully saturated rings. The monoisotopic (exact) mass is 204 g/mol. The molecule has 4 nitrogen and oxygen atoms in total. The number of hydrogen-bond donors (Lipinski definition) is 1. The van der Waals surface area contributed by atoms with Crippen LogP contribution in [0.25, 0.3) is 0 Å². The molecule has 2 atom stereocenters. The van der Waals surface area contributed by atoms with Crippen LogP contribution in [0.2, 0.25) is 0 Å². The van der Waals surface area contributed by atoms with Crippen LogP contribution in [0.1, 0.15) is 20.3 Å². The van der Waals surface area contributed by atoms with Gasteiger partial charge in [-0.05, 0) is 18.3 Å². The third-order valence-electron chi connectivity index (χ3n) is 3.15. The van der Waals surface area contributed by atoms with Gasteiger partial charge < -0.3 is 0 Å². The maximum atomic E-state index is 11.4. The molecule has 0 aliphatic carbocycles. The first kappa shape index (κ1) is 9.43. The summed E-state index contributed by atoms with van der Waals surface area (Å²) in [6, 6.07) is 0.220. The molecule has 0 radical (unpaired) electrons. The van der Waals surface area contributed by atoms with Crippen molar-refractivity contribution >= 4 is 10.2 Å². The summed E-state index contributed by atoms with van der Waals surface area (Å²) in [6.45, 7) is 5.63. The first-order valence-corrected chi connectivity index (χ1v) is 6.21. The number of rotatable bonds is 1. The summed E-state index contributed by atoms with van der Waals surface area (Å²) in [5.74, 6) is 1.13. The van der Waals surface area contributed by atoms with Crippen LogP contribution in [0.15, 0.2) is 0 Å². The summed E-state index contributed by atoms with van der Waals surface area (Å²) < 4.78 is 27.0. The van der Waals surface area contributed by atoms with Crippen molar-refractivity contribution in [1.82, 2.24) is 9.03 Å². The zero-order valence-corrected chi connectivity index (χ0v) is 8.84. The van der Waals surface area contributed by atoms with E-state index < -0.39 is 10.2 Å². The Hall–Kier alpha value is -0.130. The zero-order valence-electron chi connectivity index (χ0n) is 8.03. The van der Waals surface area contributed by atoms with E-state index in [4.69, 9.17) is 0 Å². The summed E-state index contributed by atoms with van der Waals surface area (Å²) >= 11 is 0. The lowest BCUT2D eigenvalue weighted by Gasteiger charge is -2.14. The van der Waals surface area contributed by atoms with E-state index in [0.717, 1.165) is 6.42 Å². The maximum absolute atomic E-state index is 11.4. The lowest BCUT2D eigenvalue weighted by molar-refractivity contribution is 0.388. The van der Waals surface area contributed by atoms with Gasteiger partial charge in [-0.3, -0.25) is 0 Å². The van der Waals surface area contributed by atoms with Crippen LogP contribution in [-0.2, 0) is 10.2 Å². The van der Waals surface area contributed by atoms with Gasteiger partial charge in [0.2, 0.25) is 0 Å². The van der Waals surface area contributed by atoms with Crippen molar-refractivity contribution < 1.29 is 8.42 Å². The highest BCUT2D eigenvalue weighted by Crippen LogP contribution is 2.32. The van der Waals surface area contributed by atoms with Gasteiger partial charge in [-0.2, -0.15) is 12.7 Å². The average molecular weight is 204 g/mol. The van der Waals surface area contributed by atoms with Crippen molar-refractivity contribution in [3.8, 4) is 0 Å². The van der Waals surface area contributed by atoms with Crippen molar-refractivity contribution in [2.24, 2.45) is 11.8 Å². The van der Waals surface area contributed by atoms with E-state index in [1.165, 1.54) is 0 Å². The van der Waals surface area contributed by atoms with E-state index in [1.54, 1.807) is 4.31 Å². The molecule has 2 aliphatic rings. The number of nitrogens with one attached hydrogen (secondary N) is 1. The Kier molecular flexibility index (Phi) is 2.13. The molecule has 2 heterocycles. The summed E-state index contributed by atoms with van der Waals surface area (Å²) in [5.41, 5.74) is 0. The van der Waals surface area contributed by atoms with Gasteiger partial charge in [0, 0.05) is 19.1 Å². The number of hydrogen-bond acceptors (Lipinski definition) is 2. The lowest BCUT2D eigenvalue weighted by atomic mass is 9.93. The summed E-state index contributed by atoms with van der Waals surface area (Å²) in [4.78, 5) is 0. The van der Waals surface area contributed by atoms with E-state index in [0.29, 0.717) is 24.9 Å². The second-order valence-electron chi connectivity index (χ2n) is 4.32. The van der Waals surface area contributed by atoms with Gasteiger partial charge in [-0.1, -0.05) is 13.8 Å². The largest absolute Gasteiger partial charge is 0.279 e. The molecular formula is C8H16N2O2S. The molecule has 2 rings (SSSR count). The van der Waals surface area contributed by atoms with Crippen LogP contribution >= 0.6 is 0 Å². The van der Waals surface area contributed by atoms with E-state index in [2.05, 4.69) is 18.6 Å². The van der Waals surface area contributed by atoms with Crippen LogP contribution in [0, 0.1) is 11.8 Å². The molecule has 0 bridgehead atoms. The standard InChI is InChI=1S/C8H16N2O2S/c1-6(2)7-3-8-4-9-13(11,12)10(8)5-7/h6-9H,3-5H2,1-2H3. The number of fused-ring (bicyclic) bond motifs is 1. The smallest absolute Gasteiger partial charge is 0.200 e. The predicted octanol–water partition coefficient (Wildman–Crippen LogP) is 0.181. The second-order valence-corrected chi connectivity index (χ2v) is 6.02. The fourth-order valence-electron chi connectivity index (χ4n) is 2.17. The van der Waals surface area contributed by atoms with Gasteiger partial charge in [0.1, 0.15) is 0 Å². The Morgan fingerprint density at radius 2 is 2.15 bits per heavy atom. The van der Waals surface area contributed by atoms with E-state index in [9.17, 15) is 8.42 Å². The molecule has 0 amide bonds. The molecule has 76 valence electrons. The van der Waals surface area contributed by atoms with Crippen molar-refractivity contribution in [2.45, 2.75) is 26.3 Å². The third kappa shape index (κ3) is 1.49. The SMILES string of the molecule is CC(C)C1CC2CNS(=O)(=O)N2C1. The molecule has 1 N–H and O–H groups in total. The molecule has 0 aromatic rings. The van der Waals surface area contributed by atoms with Crippen molar-refractivity contribution in [3.63, 3.8) is 0 Å². The Bertz CT molecular complexity index is 299. The van der Waals surface area contributed by atoms with Gasteiger partial charge in [0.05, 0.1) is 0 Å². The molecule has 2 aliphatic heterocycles. The van der Waals surface area contributed by atoms with Crippen LogP contribution in [0.4, 0.5) is 0 Å². The Labute approximate surface area is 79.5 Å². The highest BCUT2D eigenvalue weighted by atomic mass is 32.2. The van der Waals surface area contributed by atoms with Crippen LogP contribution in [-0.4, -0.2) is 31.9 Å². The number of nitrogens with zero attached hydrogens (tertiary/aromatic N) is 1. The minimum Gasteiger partial charge on any atom is -0.200 e. The molecule has 13 heavy (non-hydrogen) atoms. The molecule has 0 aromatic carbocycles. The predicted molar refractivity (Wildman–Crippen MR) is 50.4 cm³/mol. The minimum atomic E-state index is -3.11. The quantitative estimate of drug-likeness (QED) is 0.662. The van der Waals surface area contributed by atoms with Crippen molar-refractivity contribution in [1.29, 1.82) is 0 Å². The lowest BCUT2D eigenvalue weighted by Crippen LogP contribution is -2.31. The molecule has 0 saturated carbocycles. The molecule has 5 heteroatoms. The van der Waals surface area contributed by atoms with E-state index in [1.807, 2.05) is 0 Å². The topological polar surface area (TPSA) is 49.4 Å². The minimum absolute atomic E-state index is 0.220. The highest BCUT2D eigenvalue weighted by molar-refractivity contribution is 7.87. The van der Waals surface area contributed by atoms with Crippen molar-refractivity contribution in [2.75, 3.05) is 13.1 Å². The third-order valence-corrected chi connectivity index (χ3v) is 4.75. The highest BCUT2D eigenvalue weighted by Gasteiger charge is 2.44. The summed E-state index contributed by atoms with van der Waals surface area (Å²) in [7, 11) is -3.11. The molecular weight excluding hydrogens is 188 g/mol. The second kappa shape index (κ2) is 2.93. The van der Waals surface area contributed by atoms with Crippen LogP contribution in [0.3, 0.4) is 0 Å². The van der Waals surface area contributed by atoms with Crippen molar-refractivity contribution in [3.05, 3.63) is 0 Å². The maximum Gasteiger partial charge on any atom is 0.279 e. The van der Waals surface area contributed by atoms with E-state index >= 15 is 0 Å². The first-order chi connectivity index (χ1) is 6.00. The van der Waals surface area contributed by atoms with Gasteiger partial charge >= 0.3 is 0 Å². The summed E-state index contributed by atoms with van der Waals surface area (Å²) in [6.07, 6.45) is 1.02. The Morgan fingerprint density at radius 1 is 1.46 bits per heavy atom. The van der Waals surface area contributed by atoms with Crippen LogP contribution in [0.5, 0.6) is 0 Å².